The number of rotatable bonds is 2. The number of aromatic nitrogens is 3. The highest BCUT2D eigenvalue weighted by Gasteiger charge is 2.43. The van der Waals surface area contributed by atoms with Crippen LogP contribution in [0.3, 0.4) is 0 Å². The Bertz CT molecular complexity index is 686. The van der Waals surface area contributed by atoms with E-state index >= 15 is 0 Å². The third-order valence-electron chi connectivity index (χ3n) is 2.85. The van der Waals surface area contributed by atoms with Crippen molar-refractivity contribution in [1.29, 1.82) is 0 Å². The largest absolute Gasteiger partial charge is 0.453 e. The molecule has 1 aromatic carbocycles. The van der Waals surface area contributed by atoms with Crippen LogP contribution in [0.4, 0.5) is 32.0 Å². The minimum Gasteiger partial charge on any atom is -0.399 e. The fraction of sp³-hybridized carbons (Fsp3) is 0.333. The number of nitrogen functional groups attached to an aromatic ring is 1. The van der Waals surface area contributed by atoms with Crippen LogP contribution < -0.4 is 5.73 Å². The molecule has 2 aromatic rings. The van der Waals surface area contributed by atoms with Gasteiger partial charge in [-0.1, -0.05) is 12.1 Å². The van der Waals surface area contributed by atoms with Crippen LogP contribution in [-0.4, -0.2) is 14.8 Å². The SMILES string of the molecule is Cc1cc(Cn2nc(C(F)(F)F)nc2C(F)(F)F)ccc1N. The van der Waals surface area contributed by atoms with Crippen molar-refractivity contribution in [2.75, 3.05) is 5.73 Å². The number of nitrogens with zero attached hydrogens (tertiary/aromatic N) is 3. The van der Waals surface area contributed by atoms with Crippen LogP contribution in [0.2, 0.25) is 0 Å². The highest BCUT2D eigenvalue weighted by molar-refractivity contribution is 5.47. The van der Waals surface area contributed by atoms with Crippen LogP contribution in [0.15, 0.2) is 18.2 Å². The predicted molar refractivity (Wildman–Crippen MR) is 64.7 cm³/mol. The third kappa shape index (κ3) is 3.31. The molecule has 0 fully saturated rings. The molecule has 0 spiro atoms. The average molecular weight is 324 g/mol. The Balaban J connectivity index is 2.44. The van der Waals surface area contributed by atoms with Gasteiger partial charge < -0.3 is 5.73 Å². The van der Waals surface area contributed by atoms with E-state index in [0.29, 0.717) is 16.8 Å². The molecule has 120 valence electrons. The molecule has 0 aliphatic heterocycles. The summed E-state index contributed by atoms with van der Waals surface area (Å²) in [5.74, 6) is -3.53. The molecule has 0 saturated carbocycles. The van der Waals surface area contributed by atoms with Gasteiger partial charge in [-0.05, 0) is 24.1 Å². The zero-order valence-corrected chi connectivity index (χ0v) is 11.1. The smallest absolute Gasteiger partial charge is 0.399 e. The molecule has 0 unspecified atom stereocenters. The minimum atomic E-state index is -5.05. The van der Waals surface area contributed by atoms with Gasteiger partial charge in [-0.3, -0.25) is 0 Å². The van der Waals surface area contributed by atoms with E-state index in [9.17, 15) is 26.3 Å². The maximum Gasteiger partial charge on any atom is 0.453 e. The number of hydrogen-bond acceptors (Lipinski definition) is 3. The molecular formula is C12H10F6N4. The van der Waals surface area contributed by atoms with E-state index in [2.05, 4.69) is 10.1 Å². The predicted octanol–water partition coefficient (Wildman–Crippen LogP) is 3.25. The van der Waals surface area contributed by atoms with Crippen LogP contribution in [0.5, 0.6) is 0 Å². The Hall–Kier alpha value is -2.26. The normalized spacial score (nSPS) is 12.7. The molecule has 0 bridgehead atoms. The van der Waals surface area contributed by atoms with E-state index in [0.717, 1.165) is 0 Å². The van der Waals surface area contributed by atoms with Crippen LogP contribution in [0.25, 0.3) is 0 Å². The van der Waals surface area contributed by atoms with Crippen molar-refractivity contribution in [2.24, 2.45) is 0 Å². The summed E-state index contributed by atoms with van der Waals surface area (Å²) in [7, 11) is 0. The van der Waals surface area contributed by atoms with Crippen molar-refractivity contribution in [1.82, 2.24) is 14.8 Å². The highest BCUT2D eigenvalue weighted by atomic mass is 19.4. The lowest BCUT2D eigenvalue weighted by atomic mass is 10.1. The molecule has 0 amide bonds. The fourth-order valence-electron chi connectivity index (χ4n) is 1.79. The van der Waals surface area contributed by atoms with Gasteiger partial charge in [0, 0.05) is 5.69 Å². The Morgan fingerprint density at radius 1 is 1.09 bits per heavy atom. The van der Waals surface area contributed by atoms with E-state index in [1.54, 1.807) is 6.92 Å². The van der Waals surface area contributed by atoms with Crippen LogP contribution in [-0.2, 0) is 18.9 Å². The molecule has 4 nitrogen and oxygen atoms in total. The first-order valence-corrected chi connectivity index (χ1v) is 5.92. The summed E-state index contributed by atoms with van der Waals surface area (Å²) >= 11 is 0. The van der Waals surface area contributed by atoms with Gasteiger partial charge in [0.1, 0.15) is 0 Å². The first-order valence-electron chi connectivity index (χ1n) is 5.92. The second-order valence-corrected chi connectivity index (χ2v) is 4.60. The molecule has 2 rings (SSSR count). The number of nitrogens with two attached hydrogens (primary N) is 1. The van der Waals surface area contributed by atoms with Gasteiger partial charge >= 0.3 is 12.4 Å². The number of aryl methyl sites for hydroxylation is 1. The maximum atomic E-state index is 12.8. The number of anilines is 1. The first kappa shape index (κ1) is 16.1. The highest BCUT2D eigenvalue weighted by Crippen LogP contribution is 2.32. The minimum absolute atomic E-state index is 0.188. The Morgan fingerprint density at radius 3 is 2.23 bits per heavy atom. The summed E-state index contributed by atoms with van der Waals surface area (Å²) < 4.78 is 76.1. The number of hydrogen-bond donors (Lipinski definition) is 1. The first-order chi connectivity index (χ1) is 9.98. The van der Waals surface area contributed by atoms with Crippen molar-refractivity contribution in [3.05, 3.63) is 41.0 Å². The Morgan fingerprint density at radius 2 is 1.73 bits per heavy atom. The second-order valence-electron chi connectivity index (χ2n) is 4.60. The summed E-state index contributed by atoms with van der Waals surface area (Å²) in [4.78, 5) is 2.57. The van der Waals surface area contributed by atoms with Gasteiger partial charge in [0.15, 0.2) is 0 Å². The van der Waals surface area contributed by atoms with Crippen molar-refractivity contribution in [3.63, 3.8) is 0 Å². The van der Waals surface area contributed by atoms with Crippen LogP contribution in [0, 0.1) is 6.92 Å². The molecule has 0 aliphatic carbocycles. The molecule has 10 heteroatoms. The third-order valence-corrected chi connectivity index (χ3v) is 2.85. The summed E-state index contributed by atoms with van der Waals surface area (Å²) in [6, 6.07) is 4.35. The molecule has 0 aliphatic rings. The second kappa shape index (κ2) is 5.18. The quantitative estimate of drug-likeness (QED) is 0.681. The monoisotopic (exact) mass is 324 g/mol. The molecule has 0 saturated heterocycles. The molecular weight excluding hydrogens is 314 g/mol. The summed E-state index contributed by atoms with van der Waals surface area (Å²) in [6.45, 7) is 1.13. The van der Waals surface area contributed by atoms with E-state index in [1.165, 1.54) is 18.2 Å². The number of halogens is 6. The van der Waals surface area contributed by atoms with Gasteiger partial charge in [-0.25, -0.2) is 4.68 Å². The zero-order chi connectivity index (χ0) is 16.7. The van der Waals surface area contributed by atoms with Gasteiger partial charge in [-0.15, -0.1) is 5.10 Å². The summed E-state index contributed by atoms with van der Waals surface area (Å²) in [5.41, 5.74) is 6.93. The molecule has 0 radical (unpaired) electrons. The van der Waals surface area contributed by atoms with Crippen molar-refractivity contribution >= 4 is 5.69 Å². The maximum absolute atomic E-state index is 12.8. The standard InChI is InChI=1S/C12H10F6N4/c1-6-4-7(2-3-8(6)19)5-22-10(12(16,17)18)20-9(21-22)11(13,14)15/h2-4H,5,19H2,1H3. The van der Waals surface area contributed by atoms with Gasteiger partial charge in [0.2, 0.25) is 5.82 Å². The molecule has 2 N–H and O–H groups in total. The van der Waals surface area contributed by atoms with E-state index < -0.39 is 30.5 Å². The van der Waals surface area contributed by atoms with Gasteiger partial charge in [0.05, 0.1) is 6.54 Å². The lowest BCUT2D eigenvalue weighted by Crippen LogP contribution is -2.16. The van der Waals surface area contributed by atoms with E-state index in [1.807, 2.05) is 0 Å². The zero-order valence-electron chi connectivity index (χ0n) is 11.1. The Labute approximate surface area is 120 Å². The van der Waals surface area contributed by atoms with Crippen LogP contribution in [0.1, 0.15) is 22.8 Å². The average Bonchev–Trinajstić information content (AvgIpc) is 2.77. The summed E-state index contributed by atoms with van der Waals surface area (Å²) in [6.07, 6.45) is -10.1. The van der Waals surface area contributed by atoms with Crippen molar-refractivity contribution < 1.29 is 26.3 Å². The molecule has 0 atom stereocenters. The number of alkyl halides is 6. The lowest BCUT2D eigenvalue weighted by molar-refractivity contribution is -0.150. The molecule has 1 aromatic heterocycles. The molecule has 22 heavy (non-hydrogen) atoms. The van der Waals surface area contributed by atoms with E-state index in [4.69, 9.17) is 5.73 Å². The van der Waals surface area contributed by atoms with Crippen LogP contribution >= 0.6 is 0 Å². The van der Waals surface area contributed by atoms with Crippen molar-refractivity contribution in [2.45, 2.75) is 25.8 Å². The molecule has 1 heterocycles. The lowest BCUT2D eigenvalue weighted by Gasteiger charge is -2.09. The van der Waals surface area contributed by atoms with Gasteiger partial charge in [-0.2, -0.15) is 31.3 Å². The van der Waals surface area contributed by atoms with Gasteiger partial charge in [0.25, 0.3) is 5.82 Å². The topological polar surface area (TPSA) is 56.7 Å². The van der Waals surface area contributed by atoms with Crippen molar-refractivity contribution in [3.8, 4) is 0 Å². The van der Waals surface area contributed by atoms with E-state index in [-0.39, 0.29) is 4.68 Å². The summed E-state index contributed by atoms with van der Waals surface area (Å²) in [5, 5.41) is 2.92. The fourth-order valence-corrected chi connectivity index (χ4v) is 1.79. The number of benzene rings is 1. The Kier molecular flexibility index (Phi) is 3.80.